The van der Waals surface area contributed by atoms with Crippen molar-refractivity contribution in [1.82, 2.24) is 15.5 Å². The lowest BCUT2D eigenvalue weighted by Gasteiger charge is -2.14. The van der Waals surface area contributed by atoms with Crippen LogP contribution < -0.4 is 5.32 Å². The molecule has 7 nitrogen and oxygen atoms in total. The lowest BCUT2D eigenvalue weighted by atomic mass is 10.1. The third-order valence-electron chi connectivity index (χ3n) is 3.19. The van der Waals surface area contributed by atoms with Crippen molar-refractivity contribution in [3.8, 4) is 11.5 Å². The van der Waals surface area contributed by atoms with Crippen molar-refractivity contribution in [2.24, 2.45) is 0 Å². The summed E-state index contributed by atoms with van der Waals surface area (Å²) in [7, 11) is 0. The van der Waals surface area contributed by atoms with E-state index >= 15 is 0 Å². The summed E-state index contributed by atoms with van der Waals surface area (Å²) >= 11 is 0. The molecule has 1 unspecified atom stereocenters. The molecular formula is C16H17N3O4. The summed E-state index contributed by atoms with van der Waals surface area (Å²) in [6.45, 7) is 5.22. The van der Waals surface area contributed by atoms with Gasteiger partial charge in [-0.15, -0.1) is 6.58 Å². The van der Waals surface area contributed by atoms with Crippen LogP contribution in [0, 0.1) is 6.92 Å². The Bertz CT molecular complexity index is 724. The molecule has 1 aromatic carbocycles. The zero-order chi connectivity index (χ0) is 16.8. The Hall–Kier alpha value is -2.96. The number of aliphatic carboxylic acids is 1. The molecule has 0 aliphatic carbocycles. The second-order valence-corrected chi connectivity index (χ2v) is 4.92. The van der Waals surface area contributed by atoms with Gasteiger partial charge in [0.05, 0.1) is 11.1 Å². The van der Waals surface area contributed by atoms with Crippen LogP contribution in [0.1, 0.15) is 29.0 Å². The van der Waals surface area contributed by atoms with Gasteiger partial charge in [0.1, 0.15) is 6.04 Å². The molecule has 0 saturated carbocycles. The SMILES string of the molecule is C=CCCC(NC(=O)c1ccccc1-c1nc(C)no1)C(=O)O. The van der Waals surface area contributed by atoms with Crippen molar-refractivity contribution in [2.45, 2.75) is 25.8 Å². The van der Waals surface area contributed by atoms with E-state index in [0.29, 0.717) is 17.8 Å². The minimum Gasteiger partial charge on any atom is -0.480 e. The predicted octanol–water partition coefficient (Wildman–Crippen LogP) is 2.19. The summed E-state index contributed by atoms with van der Waals surface area (Å²) in [5.41, 5.74) is 0.736. The van der Waals surface area contributed by atoms with Crippen molar-refractivity contribution in [3.05, 3.63) is 48.3 Å². The van der Waals surface area contributed by atoms with Crippen molar-refractivity contribution in [2.75, 3.05) is 0 Å². The van der Waals surface area contributed by atoms with Gasteiger partial charge in [0.2, 0.25) is 0 Å². The van der Waals surface area contributed by atoms with Crippen LogP contribution in [0.5, 0.6) is 0 Å². The van der Waals surface area contributed by atoms with Crippen molar-refractivity contribution in [1.29, 1.82) is 0 Å². The molecule has 0 bridgehead atoms. The van der Waals surface area contributed by atoms with E-state index in [9.17, 15) is 14.7 Å². The largest absolute Gasteiger partial charge is 0.480 e. The number of hydrogen-bond donors (Lipinski definition) is 2. The molecule has 1 atom stereocenters. The van der Waals surface area contributed by atoms with Crippen LogP contribution in [0.4, 0.5) is 0 Å². The quantitative estimate of drug-likeness (QED) is 0.759. The van der Waals surface area contributed by atoms with Gasteiger partial charge in [-0.2, -0.15) is 4.98 Å². The Morgan fingerprint density at radius 2 is 2.17 bits per heavy atom. The fourth-order valence-electron chi connectivity index (χ4n) is 2.05. The molecule has 1 aromatic heterocycles. The number of allylic oxidation sites excluding steroid dienone is 1. The molecule has 1 amide bonds. The number of carboxylic acid groups (broad SMARTS) is 1. The van der Waals surface area contributed by atoms with Gasteiger partial charge >= 0.3 is 5.97 Å². The van der Waals surface area contributed by atoms with Crippen molar-refractivity contribution >= 4 is 11.9 Å². The summed E-state index contributed by atoms with van der Waals surface area (Å²) in [5, 5.41) is 15.4. The standard InChI is InChI=1S/C16H17N3O4/c1-3-4-9-13(16(21)22)18-14(20)11-7-5-6-8-12(11)15-17-10(2)19-23-15/h3,5-8,13H,1,4,9H2,2H3,(H,18,20)(H,21,22). The lowest BCUT2D eigenvalue weighted by Crippen LogP contribution is -2.40. The number of aromatic nitrogens is 2. The molecule has 120 valence electrons. The molecule has 23 heavy (non-hydrogen) atoms. The second kappa shape index (κ2) is 7.35. The number of carbonyl (C=O) groups excluding carboxylic acids is 1. The van der Waals surface area contributed by atoms with Crippen LogP contribution in [0.15, 0.2) is 41.4 Å². The van der Waals surface area contributed by atoms with E-state index in [2.05, 4.69) is 22.0 Å². The number of carboxylic acids is 1. The van der Waals surface area contributed by atoms with Gasteiger partial charge in [-0.1, -0.05) is 23.4 Å². The van der Waals surface area contributed by atoms with Gasteiger partial charge < -0.3 is 14.9 Å². The molecular weight excluding hydrogens is 298 g/mol. The van der Waals surface area contributed by atoms with Crippen LogP contribution in [0.3, 0.4) is 0 Å². The van der Waals surface area contributed by atoms with Crippen LogP contribution in [0.25, 0.3) is 11.5 Å². The number of aryl methyl sites for hydroxylation is 1. The number of hydrogen-bond acceptors (Lipinski definition) is 5. The zero-order valence-electron chi connectivity index (χ0n) is 12.7. The Labute approximate surface area is 133 Å². The van der Waals surface area contributed by atoms with E-state index in [1.165, 1.54) is 0 Å². The Balaban J connectivity index is 2.25. The van der Waals surface area contributed by atoms with E-state index in [4.69, 9.17) is 4.52 Å². The third-order valence-corrected chi connectivity index (χ3v) is 3.19. The maximum Gasteiger partial charge on any atom is 0.326 e. The Kier molecular flexibility index (Phi) is 5.24. The Morgan fingerprint density at radius 3 is 2.78 bits per heavy atom. The normalized spacial score (nSPS) is 11.7. The molecule has 1 heterocycles. The van der Waals surface area contributed by atoms with E-state index in [-0.39, 0.29) is 17.9 Å². The molecule has 0 aliphatic rings. The van der Waals surface area contributed by atoms with Crippen LogP contribution in [-0.4, -0.2) is 33.2 Å². The third kappa shape index (κ3) is 4.03. The number of carbonyl (C=O) groups is 2. The minimum absolute atomic E-state index is 0.214. The molecule has 0 fully saturated rings. The van der Waals surface area contributed by atoms with E-state index in [1.807, 2.05) is 0 Å². The first-order valence-electron chi connectivity index (χ1n) is 7.07. The first-order valence-corrected chi connectivity index (χ1v) is 7.07. The first kappa shape index (κ1) is 16.4. The highest BCUT2D eigenvalue weighted by Crippen LogP contribution is 2.22. The molecule has 2 aromatic rings. The lowest BCUT2D eigenvalue weighted by molar-refractivity contribution is -0.139. The van der Waals surface area contributed by atoms with E-state index in [1.54, 1.807) is 37.3 Å². The second-order valence-electron chi connectivity index (χ2n) is 4.92. The molecule has 0 saturated heterocycles. The molecule has 7 heteroatoms. The number of amides is 1. The van der Waals surface area contributed by atoms with E-state index < -0.39 is 17.9 Å². The highest BCUT2D eigenvalue weighted by Gasteiger charge is 2.22. The topological polar surface area (TPSA) is 105 Å². The minimum atomic E-state index is -1.09. The molecule has 0 spiro atoms. The molecule has 2 N–H and O–H groups in total. The molecule has 0 radical (unpaired) electrons. The number of nitrogens with one attached hydrogen (secondary N) is 1. The fraction of sp³-hybridized carbons (Fsp3) is 0.250. The first-order chi connectivity index (χ1) is 11.0. The van der Waals surface area contributed by atoms with Gasteiger partial charge in [-0.3, -0.25) is 4.79 Å². The van der Waals surface area contributed by atoms with Crippen LogP contribution >= 0.6 is 0 Å². The maximum atomic E-state index is 12.4. The molecule has 0 aliphatic heterocycles. The summed E-state index contributed by atoms with van der Waals surface area (Å²) in [5.74, 6) is -0.935. The highest BCUT2D eigenvalue weighted by atomic mass is 16.5. The van der Waals surface area contributed by atoms with Gasteiger partial charge in [0.15, 0.2) is 5.82 Å². The average Bonchev–Trinajstić information content (AvgIpc) is 2.97. The highest BCUT2D eigenvalue weighted by molar-refractivity contribution is 6.01. The number of nitrogens with zero attached hydrogens (tertiary/aromatic N) is 2. The van der Waals surface area contributed by atoms with E-state index in [0.717, 1.165) is 0 Å². The van der Waals surface area contributed by atoms with Gasteiger partial charge in [0.25, 0.3) is 11.8 Å². The predicted molar refractivity (Wildman–Crippen MR) is 82.8 cm³/mol. The summed E-state index contributed by atoms with van der Waals surface area (Å²) in [4.78, 5) is 27.8. The monoisotopic (exact) mass is 315 g/mol. The number of rotatable bonds is 7. The van der Waals surface area contributed by atoms with Gasteiger partial charge in [0, 0.05) is 0 Å². The summed E-state index contributed by atoms with van der Waals surface area (Å²) in [6, 6.07) is 5.68. The Morgan fingerprint density at radius 1 is 1.43 bits per heavy atom. The fourth-order valence-corrected chi connectivity index (χ4v) is 2.05. The maximum absolute atomic E-state index is 12.4. The summed E-state index contributed by atoms with van der Waals surface area (Å²) < 4.78 is 5.09. The smallest absolute Gasteiger partial charge is 0.326 e. The zero-order valence-corrected chi connectivity index (χ0v) is 12.7. The van der Waals surface area contributed by atoms with Crippen LogP contribution in [0.2, 0.25) is 0 Å². The van der Waals surface area contributed by atoms with Gasteiger partial charge in [-0.05, 0) is 31.9 Å². The van der Waals surface area contributed by atoms with Gasteiger partial charge in [-0.25, -0.2) is 4.79 Å². The average molecular weight is 315 g/mol. The van der Waals surface area contributed by atoms with Crippen molar-refractivity contribution < 1.29 is 19.2 Å². The number of benzene rings is 1. The molecule has 2 rings (SSSR count). The van der Waals surface area contributed by atoms with Crippen LogP contribution in [-0.2, 0) is 4.79 Å². The van der Waals surface area contributed by atoms with Crippen molar-refractivity contribution in [3.63, 3.8) is 0 Å². The summed E-state index contributed by atoms with van der Waals surface area (Å²) in [6.07, 6.45) is 2.37.